The van der Waals surface area contributed by atoms with Crippen molar-refractivity contribution in [3.63, 3.8) is 0 Å². The van der Waals surface area contributed by atoms with Crippen molar-refractivity contribution in [3.05, 3.63) is 30.6 Å². The number of hydrogen-bond acceptors (Lipinski definition) is 3. The Balaban J connectivity index is 1.83. The van der Waals surface area contributed by atoms with Crippen LogP contribution in [0.25, 0.3) is 21.9 Å². The number of piperidine rings is 1. The van der Waals surface area contributed by atoms with E-state index < -0.39 is 6.17 Å². The van der Waals surface area contributed by atoms with Crippen molar-refractivity contribution in [2.45, 2.75) is 19.0 Å². The van der Waals surface area contributed by atoms with E-state index in [-0.39, 0.29) is 0 Å². The van der Waals surface area contributed by atoms with Gasteiger partial charge < -0.3 is 9.47 Å². The summed E-state index contributed by atoms with van der Waals surface area (Å²) in [7, 11) is 2.02. The van der Waals surface area contributed by atoms with Crippen LogP contribution in [0.15, 0.2) is 30.6 Å². The van der Waals surface area contributed by atoms with Crippen molar-refractivity contribution in [1.29, 1.82) is 0 Å². The maximum Gasteiger partial charge on any atom is 0.143 e. The summed E-state index contributed by atoms with van der Waals surface area (Å²) >= 11 is 0. The van der Waals surface area contributed by atoms with Gasteiger partial charge in [-0.05, 0) is 31.0 Å². The molecule has 0 aromatic carbocycles. The minimum absolute atomic E-state index is 0.596. The van der Waals surface area contributed by atoms with Gasteiger partial charge in [0.05, 0.1) is 5.52 Å². The summed E-state index contributed by atoms with van der Waals surface area (Å²) in [6, 6.07) is 6.14. The fourth-order valence-corrected chi connectivity index (χ4v) is 3.16. The second kappa shape index (κ2) is 4.69. The monoisotopic (exact) mass is 284 g/mol. The van der Waals surface area contributed by atoms with Gasteiger partial charge in [0.15, 0.2) is 0 Å². The van der Waals surface area contributed by atoms with Gasteiger partial charge in [-0.3, -0.25) is 4.98 Å². The van der Waals surface area contributed by atoms with Crippen LogP contribution in [0.1, 0.15) is 12.8 Å². The first-order chi connectivity index (χ1) is 10.2. The van der Waals surface area contributed by atoms with Gasteiger partial charge in [-0.2, -0.15) is 0 Å². The first kappa shape index (κ1) is 12.6. The molecule has 0 spiro atoms. The molecule has 4 heterocycles. The Morgan fingerprint density at radius 1 is 1.14 bits per heavy atom. The number of rotatable bonds is 1. The zero-order valence-electron chi connectivity index (χ0n) is 12.0. The fraction of sp³-hybridized carbons (Fsp3) is 0.375. The Morgan fingerprint density at radius 2 is 1.95 bits per heavy atom. The van der Waals surface area contributed by atoms with Crippen molar-refractivity contribution in [2.75, 3.05) is 18.0 Å². The summed E-state index contributed by atoms with van der Waals surface area (Å²) in [5.41, 5.74) is 2.09. The zero-order valence-corrected chi connectivity index (χ0v) is 12.0. The van der Waals surface area contributed by atoms with Gasteiger partial charge in [0.2, 0.25) is 0 Å². The molecule has 1 aliphatic rings. The largest absolute Gasteiger partial charge is 0.356 e. The van der Waals surface area contributed by atoms with Gasteiger partial charge in [-0.1, -0.05) is 0 Å². The van der Waals surface area contributed by atoms with Crippen LogP contribution < -0.4 is 4.90 Å². The average Bonchev–Trinajstić information content (AvgIpc) is 2.81. The molecule has 5 heteroatoms. The molecular formula is C16H17FN4. The molecular weight excluding hydrogens is 267 g/mol. The summed E-state index contributed by atoms with van der Waals surface area (Å²) in [6.45, 7) is 1.48. The molecule has 1 saturated heterocycles. The van der Waals surface area contributed by atoms with E-state index in [1.54, 1.807) is 6.20 Å². The maximum atomic E-state index is 13.3. The standard InChI is InChI=1S/C16H17FN4/c1-20-14-4-7-18-10-13(14)12-2-3-15(19-16(12)20)21-8-5-11(17)6-9-21/h2-4,7,10-11H,5-6,8-9H2,1H3. The quantitative estimate of drug-likeness (QED) is 0.688. The number of alkyl halides is 1. The summed E-state index contributed by atoms with van der Waals surface area (Å²) in [4.78, 5) is 11.2. The Morgan fingerprint density at radius 3 is 2.76 bits per heavy atom. The number of anilines is 1. The molecule has 0 radical (unpaired) electrons. The van der Waals surface area contributed by atoms with Gasteiger partial charge in [-0.25, -0.2) is 9.37 Å². The lowest BCUT2D eigenvalue weighted by Crippen LogP contribution is -2.34. The number of pyridine rings is 2. The molecule has 1 aliphatic heterocycles. The van der Waals surface area contributed by atoms with E-state index in [2.05, 4.69) is 20.5 Å². The first-order valence-corrected chi connectivity index (χ1v) is 7.32. The Bertz CT molecular complexity index is 802. The SMILES string of the molecule is Cn1c2ccncc2c2ccc(N3CCC(F)CC3)nc21. The molecule has 3 aromatic rings. The number of aromatic nitrogens is 3. The minimum atomic E-state index is -0.659. The van der Waals surface area contributed by atoms with Crippen molar-refractivity contribution < 1.29 is 4.39 Å². The van der Waals surface area contributed by atoms with Gasteiger partial charge in [-0.15, -0.1) is 0 Å². The number of hydrogen-bond donors (Lipinski definition) is 0. The van der Waals surface area contributed by atoms with Gasteiger partial charge in [0.1, 0.15) is 17.6 Å². The summed E-state index contributed by atoms with van der Waals surface area (Å²) in [6.07, 6.45) is 4.22. The van der Waals surface area contributed by atoms with Crippen LogP contribution in [0.3, 0.4) is 0 Å². The van der Waals surface area contributed by atoms with E-state index in [1.165, 1.54) is 0 Å². The number of aryl methyl sites for hydroxylation is 1. The lowest BCUT2D eigenvalue weighted by Gasteiger charge is -2.29. The van der Waals surface area contributed by atoms with Crippen LogP contribution in [-0.2, 0) is 7.05 Å². The predicted molar refractivity (Wildman–Crippen MR) is 82.4 cm³/mol. The summed E-state index contributed by atoms with van der Waals surface area (Å²) in [5, 5.41) is 2.24. The lowest BCUT2D eigenvalue weighted by molar-refractivity contribution is 0.277. The molecule has 0 amide bonds. The normalized spacial score (nSPS) is 17.0. The van der Waals surface area contributed by atoms with Crippen molar-refractivity contribution in [2.24, 2.45) is 7.05 Å². The Labute approximate surface area is 122 Å². The van der Waals surface area contributed by atoms with Crippen molar-refractivity contribution in [3.8, 4) is 0 Å². The molecule has 0 N–H and O–H groups in total. The number of fused-ring (bicyclic) bond motifs is 3. The van der Waals surface area contributed by atoms with Crippen LogP contribution in [0.5, 0.6) is 0 Å². The highest BCUT2D eigenvalue weighted by Gasteiger charge is 2.20. The van der Waals surface area contributed by atoms with E-state index in [0.717, 1.165) is 40.8 Å². The lowest BCUT2D eigenvalue weighted by atomic mass is 10.1. The second-order valence-corrected chi connectivity index (χ2v) is 5.65. The van der Waals surface area contributed by atoms with Crippen LogP contribution >= 0.6 is 0 Å². The summed E-state index contributed by atoms with van der Waals surface area (Å²) in [5.74, 6) is 0.938. The predicted octanol–water partition coefficient (Wildman–Crippen LogP) is 3.06. The van der Waals surface area contributed by atoms with E-state index in [0.29, 0.717) is 12.8 Å². The molecule has 0 atom stereocenters. The van der Waals surface area contributed by atoms with Crippen molar-refractivity contribution in [1.82, 2.24) is 14.5 Å². The highest BCUT2D eigenvalue weighted by molar-refractivity contribution is 6.06. The third-order valence-corrected chi connectivity index (χ3v) is 4.38. The van der Waals surface area contributed by atoms with Gasteiger partial charge in [0, 0.05) is 43.3 Å². The van der Waals surface area contributed by atoms with Crippen molar-refractivity contribution >= 4 is 27.8 Å². The zero-order chi connectivity index (χ0) is 14.4. The first-order valence-electron chi connectivity index (χ1n) is 7.32. The molecule has 4 rings (SSSR count). The molecule has 0 aliphatic carbocycles. The molecule has 0 bridgehead atoms. The van der Waals surface area contributed by atoms with E-state index in [9.17, 15) is 4.39 Å². The average molecular weight is 284 g/mol. The Kier molecular flexibility index (Phi) is 2.80. The molecule has 3 aromatic heterocycles. The second-order valence-electron chi connectivity index (χ2n) is 5.65. The highest BCUT2D eigenvalue weighted by atomic mass is 19.1. The highest BCUT2D eigenvalue weighted by Crippen LogP contribution is 2.29. The van der Waals surface area contributed by atoms with Crippen LogP contribution in [-0.4, -0.2) is 33.8 Å². The molecule has 108 valence electrons. The fourth-order valence-electron chi connectivity index (χ4n) is 3.16. The molecule has 0 unspecified atom stereocenters. The van der Waals surface area contributed by atoms with Crippen LogP contribution in [0.4, 0.5) is 10.2 Å². The maximum absolute atomic E-state index is 13.3. The van der Waals surface area contributed by atoms with Crippen LogP contribution in [0.2, 0.25) is 0 Å². The molecule has 4 nitrogen and oxygen atoms in total. The van der Waals surface area contributed by atoms with Gasteiger partial charge in [0.25, 0.3) is 0 Å². The molecule has 1 fully saturated rings. The summed E-state index contributed by atoms with van der Waals surface area (Å²) < 4.78 is 15.4. The Hall–Kier alpha value is -2.17. The number of halogens is 1. The molecule has 21 heavy (non-hydrogen) atoms. The van der Waals surface area contributed by atoms with E-state index in [4.69, 9.17) is 4.98 Å². The van der Waals surface area contributed by atoms with Gasteiger partial charge >= 0.3 is 0 Å². The van der Waals surface area contributed by atoms with E-state index in [1.807, 2.05) is 25.4 Å². The van der Waals surface area contributed by atoms with E-state index >= 15 is 0 Å². The topological polar surface area (TPSA) is 34.0 Å². The smallest absolute Gasteiger partial charge is 0.143 e. The third kappa shape index (κ3) is 1.95. The minimum Gasteiger partial charge on any atom is -0.356 e. The molecule has 0 saturated carbocycles. The third-order valence-electron chi connectivity index (χ3n) is 4.38. The van der Waals surface area contributed by atoms with Crippen LogP contribution in [0, 0.1) is 0 Å². The number of nitrogens with zero attached hydrogens (tertiary/aromatic N) is 4.